The second-order valence-corrected chi connectivity index (χ2v) is 1.27. The van der Waals surface area contributed by atoms with Gasteiger partial charge in [-0.2, -0.15) is 0 Å². The molecule has 4 heteroatoms. The van der Waals surface area contributed by atoms with E-state index in [1.807, 2.05) is 0 Å². The maximum absolute atomic E-state index is 11.3. The molecule has 0 atom stereocenters. The molecule has 0 aliphatic rings. The van der Waals surface area contributed by atoms with Gasteiger partial charge in [0.15, 0.2) is 0 Å². The minimum Gasteiger partial charge on any atom is -0.377 e. The van der Waals surface area contributed by atoms with Crippen LogP contribution in [0, 0.1) is 0 Å². The van der Waals surface area contributed by atoms with Gasteiger partial charge in [-0.15, -0.1) is 0 Å². The predicted molar refractivity (Wildman–Crippen MR) is 29.8 cm³/mol. The molecule has 0 rings (SSSR count). The summed E-state index contributed by atoms with van der Waals surface area (Å²) in [6, 6.07) is 0. The molecule has 0 amide bonds. The summed E-state index contributed by atoms with van der Waals surface area (Å²) in [6.45, 7) is 0.141. The van der Waals surface area contributed by atoms with Crippen LogP contribution in [-0.2, 0) is 9.53 Å². The van der Waals surface area contributed by atoms with Crippen molar-refractivity contribution in [3.63, 3.8) is 0 Å². The van der Waals surface area contributed by atoms with Crippen molar-refractivity contribution in [1.29, 1.82) is 0 Å². The van der Waals surface area contributed by atoms with E-state index in [0.717, 1.165) is 0 Å². The molecule has 52 valence electrons. The Bertz CT molecular complexity index is 101. The van der Waals surface area contributed by atoms with Gasteiger partial charge >= 0.3 is 0 Å². The van der Waals surface area contributed by atoms with Crippen molar-refractivity contribution in [2.24, 2.45) is 4.99 Å². The fraction of sp³-hybridized carbons (Fsp3) is 0.800. The molecule has 0 heterocycles. The van der Waals surface area contributed by atoms with Gasteiger partial charge in [0.2, 0.25) is 6.08 Å². The summed E-state index contributed by atoms with van der Waals surface area (Å²) in [5.74, 6) is 0. The quantitative estimate of drug-likeness (QED) is 0.307. The van der Waals surface area contributed by atoms with Crippen molar-refractivity contribution in [3.05, 3.63) is 0 Å². The lowest BCUT2D eigenvalue weighted by molar-refractivity contribution is 0.126. The standard InChI is InChI=1S/C5H8FNO2/c6-1-3-9-4-2-7-5-8/h1-4H2. The van der Waals surface area contributed by atoms with E-state index in [2.05, 4.69) is 9.73 Å². The number of hydrogen-bond acceptors (Lipinski definition) is 3. The van der Waals surface area contributed by atoms with E-state index < -0.39 is 6.67 Å². The number of aliphatic imine (C=N–C) groups is 1. The van der Waals surface area contributed by atoms with Crippen molar-refractivity contribution < 1.29 is 13.9 Å². The third-order valence-corrected chi connectivity index (χ3v) is 0.633. The topological polar surface area (TPSA) is 38.7 Å². The molecule has 3 nitrogen and oxygen atoms in total. The van der Waals surface area contributed by atoms with Gasteiger partial charge in [-0.25, -0.2) is 14.2 Å². The van der Waals surface area contributed by atoms with Crippen LogP contribution in [0.3, 0.4) is 0 Å². The average Bonchev–Trinajstić information content (AvgIpc) is 1.89. The Kier molecular flexibility index (Phi) is 6.68. The van der Waals surface area contributed by atoms with Crippen molar-refractivity contribution in [3.8, 4) is 0 Å². The molecule has 0 aliphatic heterocycles. The maximum atomic E-state index is 11.3. The second-order valence-electron chi connectivity index (χ2n) is 1.27. The molecule has 0 N–H and O–H groups in total. The molecule has 0 aromatic carbocycles. The fourth-order valence-electron chi connectivity index (χ4n) is 0.312. The van der Waals surface area contributed by atoms with Crippen molar-refractivity contribution in [1.82, 2.24) is 0 Å². The zero-order chi connectivity index (χ0) is 6.95. The van der Waals surface area contributed by atoms with E-state index in [1.54, 1.807) is 0 Å². The van der Waals surface area contributed by atoms with Crippen LogP contribution in [0.4, 0.5) is 4.39 Å². The van der Waals surface area contributed by atoms with Crippen molar-refractivity contribution in [2.45, 2.75) is 0 Å². The number of hydrogen-bond donors (Lipinski definition) is 0. The highest BCUT2D eigenvalue weighted by Gasteiger charge is 1.83. The number of rotatable bonds is 5. The summed E-state index contributed by atoms with van der Waals surface area (Å²) in [4.78, 5) is 12.6. The van der Waals surface area contributed by atoms with E-state index >= 15 is 0 Å². The van der Waals surface area contributed by atoms with Crippen LogP contribution in [0.2, 0.25) is 0 Å². The number of carbonyl (C=O) groups excluding carboxylic acids is 1. The molecule has 0 aliphatic carbocycles. The van der Waals surface area contributed by atoms with Crippen LogP contribution >= 0.6 is 0 Å². The first-order chi connectivity index (χ1) is 4.41. The molecule has 0 bridgehead atoms. The molecule has 0 unspecified atom stereocenters. The number of halogens is 1. The zero-order valence-electron chi connectivity index (χ0n) is 4.97. The Hall–Kier alpha value is -0.730. The second kappa shape index (κ2) is 7.27. The number of isocyanates is 1. The van der Waals surface area contributed by atoms with Crippen LogP contribution in [0.15, 0.2) is 4.99 Å². The average molecular weight is 133 g/mol. The van der Waals surface area contributed by atoms with E-state index in [1.165, 1.54) is 6.08 Å². The van der Waals surface area contributed by atoms with Crippen molar-refractivity contribution >= 4 is 6.08 Å². The molecular weight excluding hydrogens is 125 g/mol. The predicted octanol–water partition coefficient (Wildman–Crippen LogP) is 0.308. The first kappa shape index (κ1) is 8.27. The summed E-state index contributed by atoms with van der Waals surface area (Å²) >= 11 is 0. The minimum absolute atomic E-state index is 0.0778. The molecule has 0 radical (unpaired) electrons. The zero-order valence-corrected chi connectivity index (χ0v) is 4.97. The van der Waals surface area contributed by atoms with E-state index in [0.29, 0.717) is 6.61 Å². The van der Waals surface area contributed by atoms with Crippen LogP contribution in [-0.4, -0.2) is 32.5 Å². The summed E-state index contributed by atoms with van der Waals surface area (Å²) < 4.78 is 15.9. The Morgan fingerprint density at radius 3 is 2.89 bits per heavy atom. The molecule has 0 fully saturated rings. The van der Waals surface area contributed by atoms with Gasteiger partial charge in [0, 0.05) is 0 Å². The van der Waals surface area contributed by atoms with E-state index in [-0.39, 0.29) is 13.2 Å². The summed E-state index contributed by atoms with van der Waals surface area (Å²) in [6.07, 6.45) is 1.35. The SMILES string of the molecule is O=C=NCCOCCF. The lowest BCUT2D eigenvalue weighted by atomic mass is 10.7. The van der Waals surface area contributed by atoms with Gasteiger partial charge in [0.05, 0.1) is 19.8 Å². The number of ether oxygens (including phenoxy) is 1. The Balaban J connectivity index is 2.82. The lowest BCUT2D eigenvalue weighted by Gasteiger charge is -1.93. The van der Waals surface area contributed by atoms with Crippen LogP contribution in [0.1, 0.15) is 0 Å². The first-order valence-corrected chi connectivity index (χ1v) is 2.59. The van der Waals surface area contributed by atoms with Crippen LogP contribution < -0.4 is 0 Å². The normalized spacial score (nSPS) is 8.56. The summed E-state index contributed by atoms with van der Waals surface area (Å²) in [5, 5.41) is 0. The van der Waals surface area contributed by atoms with Crippen molar-refractivity contribution in [2.75, 3.05) is 26.4 Å². The van der Waals surface area contributed by atoms with Gasteiger partial charge in [0.1, 0.15) is 6.67 Å². The van der Waals surface area contributed by atoms with E-state index in [9.17, 15) is 9.18 Å². The molecule has 0 spiro atoms. The molecule has 9 heavy (non-hydrogen) atoms. The summed E-state index contributed by atoms with van der Waals surface area (Å²) in [5.41, 5.74) is 0. The maximum Gasteiger partial charge on any atom is 0.235 e. The highest BCUT2D eigenvalue weighted by molar-refractivity contribution is 5.32. The van der Waals surface area contributed by atoms with Gasteiger partial charge in [-0.3, -0.25) is 0 Å². The third-order valence-electron chi connectivity index (χ3n) is 0.633. The summed E-state index contributed by atoms with van der Waals surface area (Å²) in [7, 11) is 0. The molecular formula is C5H8FNO2. The Morgan fingerprint density at radius 1 is 1.56 bits per heavy atom. The molecule has 0 aromatic heterocycles. The first-order valence-electron chi connectivity index (χ1n) is 2.59. The molecule has 0 saturated carbocycles. The highest BCUT2D eigenvalue weighted by Crippen LogP contribution is 1.75. The van der Waals surface area contributed by atoms with Gasteiger partial charge in [-0.1, -0.05) is 0 Å². The van der Waals surface area contributed by atoms with E-state index in [4.69, 9.17) is 0 Å². The minimum atomic E-state index is -0.495. The lowest BCUT2D eigenvalue weighted by Crippen LogP contribution is -2.00. The van der Waals surface area contributed by atoms with Crippen LogP contribution in [0.25, 0.3) is 0 Å². The number of nitrogens with zero attached hydrogens (tertiary/aromatic N) is 1. The smallest absolute Gasteiger partial charge is 0.235 e. The highest BCUT2D eigenvalue weighted by atomic mass is 19.1. The van der Waals surface area contributed by atoms with Gasteiger partial charge in [-0.05, 0) is 0 Å². The fourth-order valence-corrected chi connectivity index (χ4v) is 0.312. The Labute approximate surface area is 52.5 Å². The van der Waals surface area contributed by atoms with Gasteiger partial charge < -0.3 is 4.74 Å². The third kappa shape index (κ3) is 7.27. The number of alkyl halides is 1. The molecule has 0 aromatic rings. The van der Waals surface area contributed by atoms with Crippen LogP contribution in [0.5, 0.6) is 0 Å². The largest absolute Gasteiger partial charge is 0.377 e. The van der Waals surface area contributed by atoms with Gasteiger partial charge in [0.25, 0.3) is 0 Å². The molecule has 0 saturated heterocycles. The Morgan fingerprint density at radius 2 is 2.33 bits per heavy atom. The monoisotopic (exact) mass is 133 g/mol.